The van der Waals surface area contributed by atoms with Crippen LogP contribution in [0.3, 0.4) is 0 Å². The second-order valence-corrected chi connectivity index (χ2v) is 28.0. The molecular weight excluding hydrogens is 1300 g/mol. The van der Waals surface area contributed by atoms with Gasteiger partial charge in [0.25, 0.3) is 0 Å². The summed E-state index contributed by atoms with van der Waals surface area (Å²) in [5.74, 6) is 0.595. The fraction of sp³-hybridized carbons (Fsp3) is 0. The Hall–Kier alpha value is -14.3. The van der Waals surface area contributed by atoms with Crippen molar-refractivity contribution in [2.24, 2.45) is 0 Å². The van der Waals surface area contributed by atoms with Crippen molar-refractivity contribution >= 4 is 142 Å². The van der Waals surface area contributed by atoms with E-state index in [9.17, 15) is 0 Å². The van der Waals surface area contributed by atoms with E-state index in [1.807, 2.05) is 36.4 Å². The number of benzene rings is 16. The van der Waals surface area contributed by atoms with Crippen molar-refractivity contribution in [2.75, 3.05) is 0 Å². The van der Waals surface area contributed by atoms with Crippen molar-refractivity contribution in [3.05, 3.63) is 346 Å². The lowest BCUT2D eigenvalue weighted by molar-refractivity contribution is 0.668. The Labute approximate surface area is 605 Å². The van der Waals surface area contributed by atoms with Gasteiger partial charge in [0, 0.05) is 87.0 Å². The smallest absolute Gasteiger partial charge is 0.235 e. The van der Waals surface area contributed by atoms with Crippen LogP contribution in [0, 0.1) is 0 Å². The Morgan fingerprint density at radius 2 is 0.472 bits per heavy atom. The van der Waals surface area contributed by atoms with Crippen molar-refractivity contribution in [1.29, 1.82) is 0 Å². The zero-order valence-corrected chi connectivity index (χ0v) is 56.9. The molecule has 106 heavy (non-hydrogen) atoms. The number of aromatic nitrogens is 5. The minimum Gasteiger partial charge on any atom is -0.456 e. The van der Waals surface area contributed by atoms with Gasteiger partial charge in [-0.3, -0.25) is 4.57 Å². The van der Waals surface area contributed by atoms with Gasteiger partial charge in [-0.15, -0.1) is 0 Å². The normalized spacial score (nSPS) is 12.2. The first kappa shape index (κ1) is 58.3. The standard InChI is InChI=1S/C98H57N5O3/c1-7-19-85-71(13-1)77-51-63(66-38-48-94-80(54-66)74-16-4-10-22-91(74)104-94)35-45-88(77)101(85)69-41-33-61(34-42-69)59-27-25-58(26-28-59)60-29-31-62(32-30-60)97-83-57-70(102-86-20-8-2-14-72(86)78-52-64(36-46-89(78)102)67-39-49-95-81(55-67)75-17-5-11-23-92(75)105-95)43-44-84(83)99-98(100-97)103-87-21-9-3-15-73(87)79-53-65(37-47-90(79)103)68-40-50-96-82(56-68)76-18-6-12-24-93(76)106-96/h1-57H. The Bertz CT molecular complexity index is 7630. The van der Waals surface area contributed by atoms with Gasteiger partial charge in [0.05, 0.1) is 44.3 Å². The zero-order chi connectivity index (χ0) is 69.2. The SMILES string of the molecule is c1ccc2c(c1)oc1ccc(-c3ccc4c(c3)c3ccccc3n4-c3ccc(-c4ccc(-c5ccc(-c6nc(-n7c8ccccc8c8cc(-c9ccc%10oc%11ccccc%11c%10c9)ccc87)nc7ccc(-n8c9ccccc9c9cc(-c%10ccc%11oc%12ccccc%12c%11c%10)ccc98)cc67)cc5)cc4)cc3)cc12. The summed E-state index contributed by atoms with van der Waals surface area (Å²) in [6, 6.07) is 124. The van der Waals surface area contributed by atoms with Crippen LogP contribution in [0.5, 0.6) is 0 Å². The summed E-state index contributed by atoms with van der Waals surface area (Å²) in [5.41, 5.74) is 28.1. The molecular formula is C98H57N5O3. The zero-order valence-electron chi connectivity index (χ0n) is 56.9. The molecule has 0 saturated carbocycles. The van der Waals surface area contributed by atoms with Crippen LogP contribution in [0.1, 0.15) is 0 Å². The molecule has 16 aromatic carbocycles. The topological polar surface area (TPSA) is 80.0 Å². The molecule has 0 fully saturated rings. The molecule has 0 atom stereocenters. The van der Waals surface area contributed by atoms with E-state index in [2.05, 4.69) is 323 Å². The van der Waals surface area contributed by atoms with Crippen LogP contribution in [0.25, 0.3) is 226 Å². The molecule has 0 aliphatic carbocycles. The third kappa shape index (κ3) is 8.95. The Balaban J connectivity index is 0.610. The minimum absolute atomic E-state index is 0.595. The Kier molecular flexibility index (Phi) is 12.4. The van der Waals surface area contributed by atoms with Crippen LogP contribution < -0.4 is 0 Å². The summed E-state index contributed by atoms with van der Waals surface area (Å²) < 4.78 is 25.7. The van der Waals surface area contributed by atoms with Crippen LogP contribution in [-0.4, -0.2) is 23.7 Å². The number of hydrogen-bond acceptors (Lipinski definition) is 5. The summed E-state index contributed by atoms with van der Waals surface area (Å²) >= 11 is 0. The highest BCUT2D eigenvalue weighted by Crippen LogP contribution is 2.44. The van der Waals surface area contributed by atoms with Gasteiger partial charge in [0.1, 0.15) is 33.5 Å². The highest BCUT2D eigenvalue weighted by Gasteiger charge is 2.23. The van der Waals surface area contributed by atoms with Crippen LogP contribution in [-0.2, 0) is 0 Å². The van der Waals surface area contributed by atoms with Crippen LogP contribution in [0.2, 0.25) is 0 Å². The number of hydrogen-bond donors (Lipinski definition) is 0. The molecule has 0 saturated heterocycles. The van der Waals surface area contributed by atoms with Crippen molar-refractivity contribution in [3.63, 3.8) is 0 Å². The molecule has 8 nitrogen and oxygen atoms in total. The number of para-hydroxylation sites is 6. The molecule has 0 aliphatic heterocycles. The first-order valence-corrected chi connectivity index (χ1v) is 36.0. The number of furan rings is 3. The Morgan fingerprint density at radius 3 is 0.896 bits per heavy atom. The van der Waals surface area contributed by atoms with Crippen molar-refractivity contribution < 1.29 is 13.3 Å². The van der Waals surface area contributed by atoms with Gasteiger partial charge in [-0.05, 0) is 195 Å². The number of fused-ring (bicyclic) bond motifs is 19. The highest BCUT2D eigenvalue weighted by atomic mass is 16.3. The predicted octanol–water partition coefficient (Wildman–Crippen LogP) is 26.6. The number of rotatable bonds is 9. The third-order valence-electron chi connectivity index (χ3n) is 22.1. The highest BCUT2D eigenvalue weighted by molar-refractivity contribution is 6.15. The van der Waals surface area contributed by atoms with Gasteiger partial charge in [-0.1, -0.05) is 206 Å². The second kappa shape index (κ2) is 22.6. The summed E-state index contributed by atoms with van der Waals surface area (Å²) in [7, 11) is 0. The van der Waals surface area contributed by atoms with Gasteiger partial charge in [0.2, 0.25) is 5.95 Å². The average Bonchev–Trinajstić information content (AvgIpc) is 1.59. The van der Waals surface area contributed by atoms with Gasteiger partial charge < -0.3 is 22.4 Å². The maximum absolute atomic E-state index is 6.26. The first-order chi connectivity index (χ1) is 52.5. The number of nitrogens with zero attached hydrogens (tertiary/aromatic N) is 5. The van der Waals surface area contributed by atoms with E-state index in [4.69, 9.17) is 23.2 Å². The predicted molar refractivity (Wildman–Crippen MR) is 437 cm³/mol. The molecule has 492 valence electrons. The minimum atomic E-state index is 0.595. The summed E-state index contributed by atoms with van der Waals surface area (Å²) in [5, 5.41) is 14.7. The second-order valence-electron chi connectivity index (χ2n) is 28.0. The summed E-state index contributed by atoms with van der Waals surface area (Å²) in [4.78, 5) is 11.3. The van der Waals surface area contributed by atoms with E-state index in [1.54, 1.807) is 0 Å². The largest absolute Gasteiger partial charge is 0.456 e. The molecule has 0 radical (unpaired) electrons. The summed E-state index contributed by atoms with van der Waals surface area (Å²) in [6.07, 6.45) is 0. The van der Waals surface area contributed by atoms with Crippen molar-refractivity contribution in [1.82, 2.24) is 23.7 Å². The van der Waals surface area contributed by atoms with E-state index >= 15 is 0 Å². The maximum Gasteiger partial charge on any atom is 0.235 e. The molecule has 7 aromatic heterocycles. The molecule has 0 bridgehead atoms. The van der Waals surface area contributed by atoms with E-state index in [0.29, 0.717) is 5.95 Å². The lowest BCUT2D eigenvalue weighted by Crippen LogP contribution is -2.04. The van der Waals surface area contributed by atoms with E-state index < -0.39 is 0 Å². The fourth-order valence-corrected chi connectivity index (χ4v) is 17.0. The van der Waals surface area contributed by atoms with Gasteiger partial charge >= 0.3 is 0 Å². The van der Waals surface area contributed by atoms with Gasteiger partial charge in [-0.2, -0.15) is 0 Å². The van der Waals surface area contributed by atoms with Crippen LogP contribution in [0.15, 0.2) is 359 Å². The van der Waals surface area contributed by atoms with Crippen molar-refractivity contribution in [2.45, 2.75) is 0 Å². The maximum atomic E-state index is 6.26. The molecule has 0 spiro atoms. The first-order valence-electron chi connectivity index (χ1n) is 36.0. The molecule has 23 aromatic rings. The lowest BCUT2D eigenvalue weighted by Gasteiger charge is -2.15. The van der Waals surface area contributed by atoms with E-state index in [1.165, 1.54) is 32.6 Å². The fourth-order valence-electron chi connectivity index (χ4n) is 17.0. The Morgan fingerprint density at radius 1 is 0.179 bits per heavy atom. The van der Waals surface area contributed by atoms with E-state index in [0.717, 1.165) is 188 Å². The van der Waals surface area contributed by atoms with Crippen LogP contribution in [0.4, 0.5) is 0 Å². The van der Waals surface area contributed by atoms with E-state index in [-0.39, 0.29) is 0 Å². The molecule has 0 amide bonds. The monoisotopic (exact) mass is 1350 g/mol. The van der Waals surface area contributed by atoms with Gasteiger partial charge in [0.15, 0.2) is 0 Å². The average molecular weight is 1350 g/mol. The molecule has 7 heterocycles. The summed E-state index contributed by atoms with van der Waals surface area (Å²) in [6.45, 7) is 0. The molecule has 0 aliphatic rings. The van der Waals surface area contributed by atoms with Gasteiger partial charge in [-0.25, -0.2) is 9.97 Å². The molecule has 23 rings (SSSR count). The third-order valence-corrected chi connectivity index (χ3v) is 22.1. The molecule has 0 unspecified atom stereocenters. The molecule has 8 heteroatoms. The quantitative estimate of drug-likeness (QED) is 0.144. The van der Waals surface area contributed by atoms with Crippen LogP contribution >= 0.6 is 0 Å². The molecule has 0 N–H and O–H groups in total. The lowest BCUT2D eigenvalue weighted by atomic mass is 9.98. The van der Waals surface area contributed by atoms with Crippen molar-refractivity contribution in [3.8, 4) is 84.2 Å².